The molecule has 2 rings (SSSR count). The van der Waals surface area contributed by atoms with E-state index in [4.69, 9.17) is 5.11 Å². The molecule has 0 heterocycles. The predicted molar refractivity (Wildman–Crippen MR) is 81.2 cm³/mol. The van der Waals surface area contributed by atoms with E-state index in [1.165, 1.54) is 16.3 Å². The summed E-state index contributed by atoms with van der Waals surface area (Å²) in [6.07, 6.45) is 0.789. The van der Waals surface area contributed by atoms with E-state index in [0.29, 0.717) is 0 Å². The molecule has 0 aliphatic heterocycles. The van der Waals surface area contributed by atoms with Crippen LogP contribution >= 0.6 is 0 Å². The van der Waals surface area contributed by atoms with Crippen LogP contribution in [0.15, 0.2) is 42.5 Å². The van der Waals surface area contributed by atoms with Gasteiger partial charge in [0.2, 0.25) is 0 Å². The Kier molecular flexibility index (Phi) is 4.23. The summed E-state index contributed by atoms with van der Waals surface area (Å²) in [4.78, 5) is 2.30. The van der Waals surface area contributed by atoms with Crippen molar-refractivity contribution in [1.82, 2.24) is 4.90 Å². The van der Waals surface area contributed by atoms with E-state index in [2.05, 4.69) is 68.3 Å². The second kappa shape index (κ2) is 5.72. The van der Waals surface area contributed by atoms with Crippen LogP contribution in [-0.4, -0.2) is 29.2 Å². The molecule has 2 nitrogen and oxygen atoms in total. The fraction of sp³-hybridized carbons (Fsp3) is 0.412. The highest BCUT2D eigenvalue weighted by molar-refractivity contribution is 5.82. The molecule has 0 aromatic heterocycles. The van der Waals surface area contributed by atoms with E-state index in [0.717, 1.165) is 13.0 Å². The summed E-state index contributed by atoms with van der Waals surface area (Å²) in [6, 6.07) is 15.0. The van der Waals surface area contributed by atoms with Crippen LogP contribution < -0.4 is 0 Å². The number of aliphatic hydroxyl groups is 1. The van der Waals surface area contributed by atoms with Gasteiger partial charge in [0.1, 0.15) is 0 Å². The summed E-state index contributed by atoms with van der Waals surface area (Å²) in [6.45, 7) is 5.47. The molecule has 19 heavy (non-hydrogen) atoms. The third kappa shape index (κ3) is 3.34. The Balaban J connectivity index is 2.17. The van der Waals surface area contributed by atoms with Gasteiger partial charge >= 0.3 is 0 Å². The third-order valence-corrected chi connectivity index (χ3v) is 3.99. The minimum atomic E-state index is 0.0143. The van der Waals surface area contributed by atoms with Crippen LogP contribution in [0.5, 0.6) is 0 Å². The molecule has 0 unspecified atom stereocenters. The molecule has 0 bridgehead atoms. The Bertz CT molecular complexity index is 548. The quantitative estimate of drug-likeness (QED) is 0.887. The molecule has 2 heteroatoms. The molecule has 0 radical (unpaired) electrons. The van der Waals surface area contributed by atoms with Crippen molar-refractivity contribution in [3.05, 3.63) is 48.0 Å². The maximum Gasteiger partial charge on any atom is 0.0448 e. The highest BCUT2D eigenvalue weighted by Crippen LogP contribution is 2.21. The smallest absolute Gasteiger partial charge is 0.0448 e. The van der Waals surface area contributed by atoms with E-state index in [-0.39, 0.29) is 12.1 Å². The van der Waals surface area contributed by atoms with Crippen LogP contribution in [0.1, 0.15) is 25.8 Å². The lowest BCUT2D eigenvalue weighted by atomic mass is 9.98. The molecule has 0 atom stereocenters. The first-order valence-corrected chi connectivity index (χ1v) is 6.83. The summed E-state index contributed by atoms with van der Waals surface area (Å²) >= 11 is 0. The van der Waals surface area contributed by atoms with E-state index < -0.39 is 0 Å². The van der Waals surface area contributed by atoms with Crippen molar-refractivity contribution in [3.63, 3.8) is 0 Å². The first kappa shape index (κ1) is 14.0. The zero-order valence-electron chi connectivity index (χ0n) is 12.1. The van der Waals surface area contributed by atoms with Crippen molar-refractivity contribution >= 4 is 10.8 Å². The Morgan fingerprint density at radius 2 is 1.74 bits per heavy atom. The van der Waals surface area contributed by atoms with Gasteiger partial charge in [0.25, 0.3) is 0 Å². The van der Waals surface area contributed by atoms with Gasteiger partial charge in [-0.2, -0.15) is 0 Å². The SMILES string of the molecule is CN(Cc1ccc2ccccc2c1)C(C)(C)CCO. The average molecular weight is 257 g/mol. The average Bonchev–Trinajstić information content (AvgIpc) is 2.38. The topological polar surface area (TPSA) is 23.5 Å². The molecule has 2 aromatic rings. The summed E-state index contributed by atoms with van der Waals surface area (Å²) in [7, 11) is 2.12. The third-order valence-electron chi connectivity index (χ3n) is 3.99. The first-order valence-electron chi connectivity index (χ1n) is 6.83. The molecular formula is C17H23NO. The maximum atomic E-state index is 9.13. The molecule has 0 aliphatic rings. The van der Waals surface area contributed by atoms with E-state index in [9.17, 15) is 0 Å². The Hall–Kier alpha value is -1.38. The molecule has 1 N–H and O–H groups in total. The second-order valence-electron chi connectivity index (χ2n) is 5.82. The monoisotopic (exact) mass is 257 g/mol. The van der Waals surface area contributed by atoms with Crippen LogP contribution in [-0.2, 0) is 6.54 Å². The van der Waals surface area contributed by atoms with Crippen molar-refractivity contribution < 1.29 is 5.11 Å². The molecule has 102 valence electrons. The lowest BCUT2D eigenvalue weighted by Gasteiger charge is -2.35. The lowest BCUT2D eigenvalue weighted by Crippen LogP contribution is -2.41. The molecule has 2 aromatic carbocycles. The maximum absolute atomic E-state index is 9.13. The molecule has 0 amide bonds. The normalized spacial score (nSPS) is 12.3. The van der Waals surface area contributed by atoms with Crippen LogP contribution in [0.4, 0.5) is 0 Å². The minimum absolute atomic E-state index is 0.0143. The highest BCUT2D eigenvalue weighted by Gasteiger charge is 2.22. The number of fused-ring (bicyclic) bond motifs is 1. The van der Waals surface area contributed by atoms with Crippen LogP contribution in [0.2, 0.25) is 0 Å². The fourth-order valence-electron chi connectivity index (χ4n) is 2.29. The van der Waals surface area contributed by atoms with E-state index >= 15 is 0 Å². The summed E-state index contributed by atoms with van der Waals surface area (Å²) < 4.78 is 0. The summed E-state index contributed by atoms with van der Waals surface area (Å²) in [5.74, 6) is 0. The Morgan fingerprint density at radius 3 is 2.42 bits per heavy atom. The van der Waals surface area contributed by atoms with Crippen molar-refractivity contribution in [2.45, 2.75) is 32.4 Å². The van der Waals surface area contributed by atoms with Gasteiger partial charge in [-0.3, -0.25) is 4.90 Å². The minimum Gasteiger partial charge on any atom is -0.396 e. The predicted octanol–water partition coefficient (Wildman–Crippen LogP) is 3.43. The van der Waals surface area contributed by atoms with Gasteiger partial charge in [-0.1, -0.05) is 36.4 Å². The first-order chi connectivity index (χ1) is 9.03. The van der Waals surface area contributed by atoms with Gasteiger partial charge in [0.15, 0.2) is 0 Å². The number of hydrogen-bond donors (Lipinski definition) is 1. The Morgan fingerprint density at radius 1 is 1.05 bits per heavy atom. The number of nitrogens with zero attached hydrogens (tertiary/aromatic N) is 1. The van der Waals surface area contributed by atoms with E-state index in [1.807, 2.05) is 0 Å². The molecule has 0 spiro atoms. The standard InChI is InChI=1S/C17H23NO/c1-17(2,10-11-19)18(3)13-14-8-9-15-6-4-5-7-16(15)12-14/h4-9,12,19H,10-11,13H2,1-3H3. The van der Waals surface area contributed by atoms with Gasteiger partial charge in [-0.15, -0.1) is 0 Å². The number of rotatable bonds is 5. The van der Waals surface area contributed by atoms with Crippen LogP contribution in [0, 0.1) is 0 Å². The zero-order valence-corrected chi connectivity index (χ0v) is 12.1. The van der Waals surface area contributed by atoms with Gasteiger partial charge in [-0.25, -0.2) is 0 Å². The van der Waals surface area contributed by atoms with Crippen LogP contribution in [0.3, 0.4) is 0 Å². The largest absolute Gasteiger partial charge is 0.396 e. The molecular weight excluding hydrogens is 234 g/mol. The fourth-order valence-corrected chi connectivity index (χ4v) is 2.29. The number of hydrogen-bond acceptors (Lipinski definition) is 2. The van der Waals surface area contributed by atoms with Crippen molar-refractivity contribution in [3.8, 4) is 0 Å². The van der Waals surface area contributed by atoms with Gasteiger partial charge < -0.3 is 5.11 Å². The van der Waals surface area contributed by atoms with Crippen molar-refractivity contribution in [2.75, 3.05) is 13.7 Å². The zero-order chi connectivity index (χ0) is 13.9. The molecule has 0 fully saturated rings. The van der Waals surface area contributed by atoms with Gasteiger partial charge in [0.05, 0.1) is 0 Å². The number of benzene rings is 2. The van der Waals surface area contributed by atoms with Crippen LogP contribution in [0.25, 0.3) is 10.8 Å². The van der Waals surface area contributed by atoms with Gasteiger partial charge in [-0.05, 0) is 49.7 Å². The van der Waals surface area contributed by atoms with E-state index in [1.54, 1.807) is 0 Å². The number of aliphatic hydroxyl groups excluding tert-OH is 1. The summed E-state index contributed by atoms with van der Waals surface area (Å²) in [5.41, 5.74) is 1.33. The second-order valence-corrected chi connectivity index (χ2v) is 5.82. The molecule has 0 saturated carbocycles. The Labute approximate surface area is 115 Å². The summed E-state index contributed by atoms with van der Waals surface area (Å²) in [5, 5.41) is 11.7. The van der Waals surface area contributed by atoms with Crippen molar-refractivity contribution in [2.24, 2.45) is 0 Å². The van der Waals surface area contributed by atoms with Crippen molar-refractivity contribution in [1.29, 1.82) is 0 Å². The van der Waals surface area contributed by atoms with Gasteiger partial charge in [0, 0.05) is 18.7 Å². The highest BCUT2D eigenvalue weighted by atomic mass is 16.3. The molecule has 0 aliphatic carbocycles. The lowest BCUT2D eigenvalue weighted by molar-refractivity contribution is 0.110. The molecule has 0 saturated heterocycles.